The number of tetrazole rings is 1. The molecule has 2 rings (SSSR count). The van der Waals surface area contributed by atoms with E-state index in [0.717, 1.165) is 17.4 Å². The van der Waals surface area contributed by atoms with Gasteiger partial charge in [-0.1, -0.05) is 23.4 Å². The molecule has 0 fully saturated rings. The van der Waals surface area contributed by atoms with Crippen LogP contribution < -0.4 is 10.6 Å². The maximum Gasteiger partial charge on any atom is 0.321 e. The zero-order chi connectivity index (χ0) is 15.2. The smallest absolute Gasteiger partial charge is 0.321 e. The summed E-state index contributed by atoms with van der Waals surface area (Å²) in [6.45, 7) is 0. The molecule has 0 radical (unpaired) electrons. The summed E-state index contributed by atoms with van der Waals surface area (Å²) in [5.41, 5.74) is 0.721. The molecule has 0 unspecified atom stereocenters. The zero-order valence-electron chi connectivity index (χ0n) is 10.9. The molecule has 0 saturated carbocycles. The summed E-state index contributed by atoms with van der Waals surface area (Å²) in [4.78, 5) is 22.5. The summed E-state index contributed by atoms with van der Waals surface area (Å²) < 4.78 is 1.48. The molecule has 110 valence electrons. The van der Waals surface area contributed by atoms with Crippen LogP contribution in [0.4, 0.5) is 4.79 Å². The van der Waals surface area contributed by atoms with Crippen molar-refractivity contribution >= 4 is 35.3 Å². The molecule has 1 aromatic carbocycles. The highest BCUT2D eigenvalue weighted by molar-refractivity contribution is 7.99. The Kier molecular flexibility index (Phi) is 5.12. The lowest BCUT2D eigenvalue weighted by atomic mass is 10.3. The Morgan fingerprint density at radius 3 is 2.71 bits per heavy atom. The van der Waals surface area contributed by atoms with Crippen LogP contribution in [-0.4, -0.2) is 44.9 Å². The molecule has 0 bridgehead atoms. The average molecular weight is 327 g/mol. The van der Waals surface area contributed by atoms with E-state index < -0.39 is 11.9 Å². The lowest BCUT2D eigenvalue weighted by Gasteiger charge is -2.04. The minimum absolute atomic E-state index is 0.0153. The number of benzene rings is 1. The summed E-state index contributed by atoms with van der Waals surface area (Å²) in [5, 5.41) is 16.7. The number of imide groups is 1. The molecule has 21 heavy (non-hydrogen) atoms. The van der Waals surface area contributed by atoms with Gasteiger partial charge in [0.2, 0.25) is 11.1 Å². The highest BCUT2D eigenvalue weighted by Gasteiger charge is 2.12. The first kappa shape index (κ1) is 15.3. The fraction of sp³-hybridized carbons (Fsp3) is 0.182. The molecule has 0 aliphatic heterocycles. The van der Waals surface area contributed by atoms with Crippen molar-refractivity contribution in [2.24, 2.45) is 0 Å². The average Bonchev–Trinajstić information content (AvgIpc) is 2.94. The van der Waals surface area contributed by atoms with Crippen LogP contribution in [0.1, 0.15) is 0 Å². The number of hydrogen-bond acceptors (Lipinski definition) is 6. The molecular weight excluding hydrogens is 316 g/mol. The normalized spacial score (nSPS) is 10.2. The van der Waals surface area contributed by atoms with E-state index in [4.69, 9.17) is 11.6 Å². The van der Waals surface area contributed by atoms with Gasteiger partial charge in [0.25, 0.3) is 0 Å². The SMILES string of the molecule is CNC(=O)NC(=O)CSc1nnnn1-c1ccc(Cl)cc1. The Hall–Kier alpha value is -2.13. The fourth-order valence-electron chi connectivity index (χ4n) is 1.37. The van der Waals surface area contributed by atoms with E-state index in [9.17, 15) is 9.59 Å². The summed E-state index contributed by atoms with van der Waals surface area (Å²) in [6.07, 6.45) is 0. The molecule has 8 nitrogen and oxygen atoms in total. The largest absolute Gasteiger partial charge is 0.341 e. The fourth-order valence-corrected chi connectivity index (χ4v) is 2.19. The van der Waals surface area contributed by atoms with E-state index >= 15 is 0 Å². The molecule has 0 atom stereocenters. The molecule has 0 aliphatic carbocycles. The van der Waals surface area contributed by atoms with E-state index in [2.05, 4.69) is 26.2 Å². The van der Waals surface area contributed by atoms with Gasteiger partial charge in [-0.15, -0.1) is 5.10 Å². The van der Waals surface area contributed by atoms with Gasteiger partial charge in [-0.25, -0.2) is 4.79 Å². The Bertz CT molecular complexity index is 644. The Balaban J connectivity index is 2.02. The van der Waals surface area contributed by atoms with Crippen molar-refractivity contribution in [3.05, 3.63) is 29.3 Å². The number of carbonyl (C=O) groups is 2. The predicted molar refractivity (Wildman–Crippen MR) is 77.5 cm³/mol. The van der Waals surface area contributed by atoms with Crippen LogP contribution in [0.25, 0.3) is 5.69 Å². The molecule has 1 aromatic heterocycles. The molecule has 0 saturated heterocycles. The van der Waals surface area contributed by atoms with Gasteiger partial charge in [0.05, 0.1) is 11.4 Å². The van der Waals surface area contributed by atoms with Crippen molar-refractivity contribution < 1.29 is 9.59 Å². The third-order valence-corrected chi connectivity index (χ3v) is 3.50. The van der Waals surface area contributed by atoms with Crippen molar-refractivity contribution in [2.75, 3.05) is 12.8 Å². The van der Waals surface area contributed by atoms with Crippen molar-refractivity contribution in [1.82, 2.24) is 30.8 Å². The van der Waals surface area contributed by atoms with Crippen LogP contribution >= 0.6 is 23.4 Å². The Morgan fingerprint density at radius 1 is 1.33 bits per heavy atom. The van der Waals surface area contributed by atoms with Gasteiger partial charge in [-0.3, -0.25) is 10.1 Å². The summed E-state index contributed by atoms with van der Waals surface area (Å²) in [5.74, 6) is -0.425. The second-order valence-electron chi connectivity index (χ2n) is 3.77. The number of nitrogens with zero attached hydrogens (tertiary/aromatic N) is 4. The van der Waals surface area contributed by atoms with Crippen molar-refractivity contribution in [3.8, 4) is 5.69 Å². The topological polar surface area (TPSA) is 102 Å². The minimum Gasteiger partial charge on any atom is -0.341 e. The first-order valence-electron chi connectivity index (χ1n) is 5.79. The lowest BCUT2D eigenvalue weighted by Crippen LogP contribution is -2.38. The van der Waals surface area contributed by atoms with Gasteiger partial charge in [0, 0.05) is 12.1 Å². The third-order valence-electron chi connectivity index (χ3n) is 2.32. The number of hydrogen-bond donors (Lipinski definition) is 2. The van der Waals surface area contributed by atoms with Gasteiger partial charge in [0.15, 0.2) is 0 Å². The maximum absolute atomic E-state index is 11.5. The highest BCUT2D eigenvalue weighted by Crippen LogP contribution is 2.19. The van der Waals surface area contributed by atoms with E-state index in [0.29, 0.717) is 10.2 Å². The third kappa shape index (κ3) is 4.17. The molecule has 2 N–H and O–H groups in total. The number of halogens is 1. The van der Waals surface area contributed by atoms with Crippen LogP contribution in [0.5, 0.6) is 0 Å². The van der Waals surface area contributed by atoms with Crippen molar-refractivity contribution in [2.45, 2.75) is 5.16 Å². The van der Waals surface area contributed by atoms with Crippen molar-refractivity contribution in [1.29, 1.82) is 0 Å². The number of carbonyl (C=O) groups excluding carboxylic acids is 2. The molecule has 10 heteroatoms. The lowest BCUT2D eigenvalue weighted by molar-refractivity contribution is -0.117. The van der Waals surface area contributed by atoms with E-state index in [1.54, 1.807) is 24.3 Å². The summed E-state index contributed by atoms with van der Waals surface area (Å²) in [7, 11) is 1.43. The molecule has 0 aliphatic rings. The van der Waals surface area contributed by atoms with E-state index in [1.807, 2.05) is 0 Å². The number of aromatic nitrogens is 4. The maximum atomic E-state index is 11.5. The van der Waals surface area contributed by atoms with E-state index in [1.165, 1.54) is 11.7 Å². The van der Waals surface area contributed by atoms with Crippen LogP contribution in [0.2, 0.25) is 5.02 Å². The molecule has 1 heterocycles. The molecule has 3 amide bonds. The van der Waals surface area contributed by atoms with Gasteiger partial charge in [0.1, 0.15) is 0 Å². The highest BCUT2D eigenvalue weighted by atomic mass is 35.5. The van der Waals surface area contributed by atoms with Gasteiger partial charge < -0.3 is 5.32 Å². The number of rotatable bonds is 4. The summed E-state index contributed by atoms with van der Waals surface area (Å²) in [6, 6.07) is 6.38. The number of amides is 3. The first-order valence-corrected chi connectivity index (χ1v) is 7.15. The van der Waals surface area contributed by atoms with Gasteiger partial charge in [-0.05, 0) is 34.7 Å². The second-order valence-corrected chi connectivity index (χ2v) is 5.14. The van der Waals surface area contributed by atoms with Crippen LogP contribution in [0.15, 0.2) is 29.4 Å². The quantitative estimate of drug-likeness (QED) is 0.808. The number of thioether (sulfide) groups is 1. The van der Waals surface area contributed by atoms with Crippen molar-refractivity contribution in [3.63, 3.8) is 0 Å². The van der Waals surface area contributed by atoms with Crippen LogP contribution in [0, 0.1) is 0 Å². The van der Waals surface area contributed by atoms with E-state index in [-0.39, 0.29) is 5.75 Å². The van der Waals surface area contributed by atoms with Crippen LogP contribution in [0.3, 0.4) is 0 Å². The molecule has 0 spiro atoms. The molecular formula is C11H11ClN6O2S. The zero-order valence-corrected chi connectivity index (χ0v) is 12.5. The first-order chi connectivity index (χ1) is 10.1. The predicted octanol–water partition coefficient (Wildman–Crippen LogP) is 0.863. The van der Waals surface area contributed by atoms with Gasteiger partial charge >= 0.3 is 6.03 Å². The second kappa shape index (κ2) is 7.04. The monoisotopic (exact) mass is 326 g/mol. The summed E-state index contributed by atoms with van der Waals surface area (Å²) >= 11 is 6.94. The number of nitrogens with one attached hydrogen (secondary N) is 2. The van der Waals surface area contributed by atoms with Crippen LogP contribution in [-0.2, 0) is 4.79 Å². The minimum atomic E-state index is -0.558. The Morgan fingerprint density at radius 2 is 2.05 bits per heavy atom. The Labute approximate surface area is 129 Å². The number of urea groups is 1. The standard InChI is InChI=1S/C11H11ClN6O2S/c1-13-10(20)14-9(19)6-21-11-15-16-17-18(11)8-4-2-7(12)3-5-8/h2-5H,6H2,1H3,(H2,13,14,19,20). The molecule has 2 aromatic rings. The van der Waals surface area contributed by atoms with Gasteiger partial charge in [-0.2, -0.15) is 4.68 Å².